The average Bonchev–Trinajstić information content (AvgIpc) is 2.94. The van der Waals surface area contributed by atoms with Crippen LogP contribution < -0.4 is 10.2 Å². The van der Waals surface area contributed by atoms with Gasteiger partial charge in [0.25, 0.3) is 11.8 Å². The lowest BCUT2D eigenvalue weighted by molar-refractivity contribution is -0.120. The van der Waals surface area contributed by atoms with Gasteiger partial charge in [-0.2, -0.15) is 0 Å². The van der Waals surface area contributed by atoms with Crippen molar-refractivity contribution in [2.24, 2.45) is 0 Å². The van der Waals surface area contributed by atoms with Gasteiger partial charge in [-0.3, -0.25) is 9.59 Å². The van der Waals surface area contributed by atoms with E-state index in [0.29, 0.717) is 23.5 Å². The van der Waals surface area contributed by atoms with Crippen LogP contribution in [0.15, 0.2) is 53.2 Å². The quantitative estimate of drug-likeness (QED) is 0.394. The van der Waals surface area contributed by atoms with Crippen LogP contribution in [0.5, 0.6) is 0 Å². The van der Waals surface area contributed by atoms with E-state index in [1.54, 1.807) is 0 Å². The predicted molar refractivity (Wildman–Crippen MR) is 117 cm³/mol. The van der Waals surface area contributed by atoms with Crippen molar-refractivity contribution in [1.29, 1.82) is 0 Å². The first-order valence-electron chi connectivity index (χ1n) is 9.74. The highest BCUT2D eigenvalue weighted by atomic mass is 35.5. The predicted octanol–water partition coefficient (Wildman–Crippen LogP) is 4.70. The number of aryl methyl sites for hydroxylation is 1. The number of esters is 1. The summed E-state index contributed by atoms with van der Waals surface area (Å²) in [6, 6.07) is 11.7. The number of hydrogen-bond acceptors (Lipinski definition) is 5. The zero-order chi connectivity index (χ0) is 21.8. The van der Waals surface area contributed by atoms with Crippen LogP contribution in [-0.2, 0) is 14.3 Å². The molecule has 2 aromatic carbocycles. The fourth-order valence-corrected chi connectivity index (χ4v) is 3.22. The van der Waals surface area contributed by atoms with Crippen LogP contribution in [0.1, 0.15) is 41.3 Å². The van der Waals surface area contributed by atoms with Crippen molar-refractivity contribution >= 4 is 40.8 Å². The molecule has 0 aliphatic carbocycles. The van der Waals surface area contributed by atoms with Crippen LogP contribution in [0.25, 0.3) is 0 Å². The first-order chi connectivity index (χ1) is 14.3. The van der Waals surface area contributed by atoms with Gasteiger partial charge in [-0.1, -0.05) is 37.1 Å². The average molecular weight is 427 g/mol. The first-order valence-corrected chi connectivity index (χ1v) is 10.1. The van der Waals surface area contributed by atoms with Crippen molar-refractivity contribution in [1.82, 2.24) is 0 Å². The molecule has 30 heavy (non-hydrogen) atoms. The lowest BCUT2D eigenvalue weighted by Gasteiger charge is -2.16. The maximum Gasteiger partial charge on any atom is 0.338 e. The van der Waals surface area contributed by atoms with Gasteiger partial charge in [0.05, 0.1) is 17.9 Å². The minimum absolute atomic E-state index is 0.0263. The van der Waals surface area contributed by atoms with E-state index in [9.17, 15) is 14.4 Å². The van der Waals surface area contributed by atoms with Crippen molar-refractivity contribution in [3.05, 3.63) is 69.9 Å². The standard InChI is InChI=1S/C23H23ClN2O4/c1-4-5-13-30-23(29)16-9-11-17(12-10-16)26-21(27)19(24)20(22(26)28)25-18-8-6-7-14(2)15(18)3/h6-12,25H,4-5,13H2,1-3H3. The minimum atomic E-state index is -0.618. The second-order valence-corrected chi connectivity index (χ2v) is 7.42. The molecule has 2 aromatic rings. The molecule has 0 atom stereocenters. The van der Waals surface area contributed by atoms with E-state index in [1.165, 1.54) is 24.3 Å². The number of anilines is 2. The molecule has 0 aromatic heterocycles. The number of hydrogen-bond donors (Lipinski definition) is 1. The molecule has 3 rings (SSSR count). The summed E-state index contributed by atoms with van der Waals surface area (Å²) in [6.45, 7) is 6.24. The Bertz CT molecular complexity index is 1030. The number of nitrogens with one attached hydrogen (secondary N) is 1. The van der Waals surface area contributed by atoms with Crippen LogP contribution in [0.2, 0.25) is 0 Å². The molecule has 1 N–H and O–H groups in total. The topological polar surface area (TPSA) is 75.7 Å². The molecule has 0 bridgehead atoms. The largest absolute Gasteiger partial charge is 0.462 e. The highest BCUT2D eigenvalue weighted by Crippen LogP contribution is 2.31. The van der Waals surface area contributed by atoms with Crippen molar-refractivity contribution in [3.8, 4) is 0 Å². The maximum absolute atomic E-state index is 12.9. The van der Waals surface area contributed by atoms with Gasteiger partial charge in [-0.05, 0) is 61.7 Å². The number of amides is 2. The third kappa shape index (κ3) is 4.24. The second-order valence-electron chi connectivity index (χ2n) is 7.04. The van der Waals surface area contributed by atoms with Gasteiger partial charge in [-0.15, -0.1) is 0 Å². The lowest BCUT2D eigenvalue weighted by atomic mass is 10.1. The Morgan fingerprint density at radius 3 is 2.43 bits per heavy atom. The fourth-order valence-electron chi connectivity index (χ4n) is 3.01. The Hall–Kier alpha value is -3.12. The number of rotatable bonds is 7. The second kappa shape index (κ2) is 9.13. The minimum Gasteiger partial charge on any atom is -0.462 e. The third-order valence-corrected chi connectivity index (χ3v) is 5.33. The Morgan fingerprint density at radius 2 is 1.77 bits per heavy atom. The zero-order valence-corrected chi connectivity index (χ0v) is 17.9. The Morgan fingerprint density at radius 1 is 1.07 bits per heavy atom. The monoisotopic (exact) mass is 426 g/mol. The van der Waals surface area contributed by atoms with Gasteiger partial charge in [0.15, 0.2) is 0 Å². The van der Waals surface area contributed by atoms with E-state index in [0.717, 1.165) is 28.9 Å². The van der Waals surface area contributed by atoms with Gasteiger partial charge >= 0.3 is 5.97 Å². The number of nitrogens with zero attached hydrogens (tertiary/aromatic N) is 1. The number of unbranched alkanes of at least 4 members (excludes halogenated alkanes) is 1. The summed E-state index contributed by atoms with van der Waals surface area (Å²) < 4.78 is 5.17. The smallest absolute Gasteiger partial charge is 0.338 e. The molecular formula is C23H23ClN2O4. The summed E-state index contributed by atoms with van der Waals surface area (Å²) in [7, 11) is 0. The highest BCUT2D eigenvalue weighted by molar-refractivity contribution is 6.53. The number of imide groups is 1. The molecule has 0 spiro atoms. The highest BCUT2D eigenvalue weighted by Gasteiger charge is 2.39. The maximum atomic E-state index is 12.9. The summed E-state index contributed by atoms with van der Waals surface area (Å²) in [5.41, 5.74) is 3.41. The third-order valence-electron chi connectivity index (χ3n) is 4.98. The Labute approximate surface area is 180 Å². The molecule has 7 heteroatoms. The summed E-state index contributed by atoms with van der Waals surface area (Å²) in [6.07, 6.45) is 1.72. The van der Waals surface area contributed by atoms with Crippen molar-refractivity contribution in [3.63, 3.8) is 0 Å². The van der Waals surface area contributed by atoms with Gasteiger partial charge in [0.1, 0.15) is 10.7 Å². The van der Waals surface area contributed by atoms with E-state index >= 15 is 0 Å². The molecule has 0 radical (unpaired) electrons. The first kappa shape index (κ1) is 21.6. The molecule has 0 unspecified atom stereocenters. The van der Waals surface area contributed by atoms with E-state index in [-0.39, 0.29) is 10.7 Å². The number of benzene rings is 2. The molecule has 1 aliphatic rings. The molecule has 1 aliphatic heterocycles. The number of carbonyl (C=O) groups is 3. The summed E-state index contributed by atoms with van der Waals surface area (Å²) in [5, 5.41) is 2.82. The van der Waals surface area contributed by atoms with Gasteiger partial charge in [0, 0.05) is 5.69 Å². The van der Waals surface area contributed by atoms with Crippen molar-refractivity contribution in [2.75, 3.05) is 16.8 Å². The SMILES string of the molecule is CCCCOC(=O)c1ccc(N2C(=O)C(Cl)=C(Nc3cccc(C)c3C)C2=O)cc1. The molecule has 0 fully saturated rings. The lowest BCUT2D eigenvalue weighted by Crippen LogP contribution is -2.32. The summed E-state index contributed by atoms with van der Waals surface area (Å²) >= 11 is 6.19. The van der Waals surface area contributed by atoms with Crippen molar-refractivity contribution < 1.29 is 19.1 Å². The molecular weight excluding hydrogens is 404 g/mol. The van der Waals surface area contributed by atoms with Crippen LogP contribution in [0.4, 0.5) is 11.4 Å². The number of ether oxygens (including phenoxy) is 1. The fraction of sp³-hybridized carbons (Fsp3) is 0.261. The van der Waals surface area contributed by atoms with Gasteiger partial charge in [0.2, 0.25) is 0 Å². The molecule has 0 saturated carbocycles. The zero-order valence-electron chi connectivity index (χ0n) is 17.1. The normalized spacial score (nSPS) is 13.8. The van der Waals surface area contributed by atoms with Crippen molar-refractivity contribution in [2.45, 2.75) is 33.6 Å². The summed E-state index contributed by atoms with van der Waals surface area (Å²) in [4.78, 5) is 38.6. The van der Waals surface area contributed by atoms with Crippen LogP contribution in [0, 0.1) is 13.8 Å². The van der Waals surface area contributed by atoms with E-state index in [2.05, 4.69) is 5.32 Å². The molecule has 1 heterocycles. The van der Waals surface area contributed by atoms with E-state index in [4.69, 9.17) is 16.3 Å². The van der Waals surface area contributed by atoms with Crippen LogP contribution >= 0.6 is 11.6 Å². The molecule has 2 amide bonds. The van der Waals surface area contributed by atoms with E-state index in [1.807, 2.05) is 39.0 Å². The van der Waals surface area contributed by atoms with Crippen LogP contribution in [0.3, 0.4) is 0 Å². The molecule has 0 saturated heterocycles. The Kier molecular flexibility index (Phi) is 6.57. The number of carbonyl (C=O) groups excluding carboxylic acids is 3. The number of halogens is 1. The summed E-state index contributed by atoms with van der Waals surface area (Å²) in [5.74, 6) is -1.61. The molecule has 156 valence electrons. The Balaban J connectivity index is 1.78. The van der Waals surface area contributed by atoms with Gasteiger partial charge < -0.3 is 10.1 Å². The van der Waals surface area contributed by atoms with E-state index < -0.39 is 17.8 Å². The van der Waals surface area contributed by atoms with Crippen LogP contribution in [-0.4, -0.2) is 24.4 Å². The molecule has 6 nitrogen and oxygen atoms in total. The van der Waals surface area contributed by atoms with Gasteiger partial charge in [-0.25, -0.2) is 9.69 Å².